The molecule has 7 heteroatoms. The lowest BCUT2D eigenvalue weighted by atomic mass is 10.0. The number of nitrogens with two attached hydrogens (primary N) is 1. The minimum absolute atomic E-state index is 0.107. The number of rotatable bonds is 3. The van der Waals surface area contributed by atoms with Crippen LogP contribution in [0.15, 0.2) is 18.2 Å². The molecule has 0 fully saturated rings. The van der Waals surface area contributed by atoms with Crippen LogP contribution in [0.5, 0.6) is 5.75 Å². The van der Waals surface area contributed by atoms with Gasteiger partial charge in [-0.1, -0.05) is 6.07 Å². The van der Waals surface area contributed by atoms with E-state index in [0.29, 0.717) is 6.07 Å². The average Bonchev–Trinajstić information content (AvgIpc) is 2.25. The summed E-state index contributed by atoms with van der Waals surface area (Å²) in [4.78, 5) is 0. The van der Waals surface area contributed by atoms with Gasteiger partial charge in [0, 0.05) is 0 Å². The largest absolute Gasteiger partial charge is 0.496 e. The van der Waals surface area contributed by atoms with E-state index in [4.69, 9.17) is 5.73 Å². The molecule has 0 aromatic heterocycles. The Balaban J connectivity index is 3.18. The molecule has 1 aromatic rings. The zero-order chi connectivity index (χ0) is 13.2. The van der Waals surface area contributed by atoms with Crippen LogP contribution in [-0.2, 0) is 6.18 Å². The number of alkyl halides is 5. The van der Waals surface area contributed by atoms with Crippen molar-refractivity contribution in [2.45, 2.75) is 18.6 Å². The Labute approximate surface area is 94.2 Å². The predicted molar refractivity (Wildman–Crippen MR) is 50.9 cm³/mol. The van der Waals surface area contributed by atoms with Crippen LogP contribution < -0.4 is 10.5 Å². The van der Waals surface area contributed by atoms with Crippen molar-refractivity contribution in [3.63, 3.8) is 0 Å². The monoisotopic (exact) mass is 255 g/mol. The van der Waals surface area contributed by atoms with Crippen LogP contribution in [0.25, 0.3) is 0 Å². The standard InChI is InChI=1S/C10H10F5NO/c1-17-7-4-5(8(16)9(11)12)2-3-6(7)10(13,14)15/h2-4,8-9H,16H2,1H3. The van der Waals surface area contributed by atoms with Gasteiger partial charge in [-0.2, -0.15) is 13.2 Å². The van der Waals surface area contributed by atoms with E-state index in [-0.39, 0.29) is 5.56 Å². The van der Waals surface area contributed by atoms with Crippen molar-refractivity contribution < 1.29 is 26.7 Å². The Morgan fingerprint density at radius 2 is 1.82 bits per heavy atom. The number of benzene rings is 1. The molecule has 0 saturated carbocycles. The van der Waals surface area contributed by atoms with Gasteiger partial charge in [-0.3, -0.25) is 0 Å². The zero-order valence-corrected chi connectivity index (χ0v) is 8.76. The summed E-state index contributed by atoms with van der Waals surface area (Å²) < 4.78 is 66.5. The van der Waals surface area contributed by atoms with Crippen molar-refractivity contribution in [1.29, 1.82) is 0 Å². The van der Waals surface area contributed by atoms with Crippen molar-refractivity contribution >= 4 is 0 Å². The number of halogens is 5. The third-order valence-corrected chi connectivity index (χ3v) is 2.19. The van der Waals surface area contributed by atoms with Gasteiger partial charge in [-0.15, -0.1) is 0 Å². The Kier molecular flexibility index (Phi) is 3.92. The first kappa shape index (κ1) is 13.7. The fraction of sp³-hybridized carbons (Fsp3) is 0.400. The molecule has 2 N–H and O–H groups in total. The summed E-state index contributed by atoms with van der Waals surface area (Å²) >= 11 is 0. The fourth-order valence-corrected chi connectivity index (χ4v) is 1.29. The SMILES string of the molecule is COc1cc(C(N)C(F)F)ccc1C(F)(F)F. The molecule has 0 bridgehead atoms. The van der Waals surface area contributed by atoms with Gasteiger partial charge in [0.1, 0.15) is 5.75 Å². The second-order valence-electron chi connectivity index (χ2n) is 3.32. The van der Waals surface area contributed by atoms with Crippen LogP contribution >= 0.6 is 0 Å². The van der Waals surface area contributed by atoms with E-state index < -0.39 is 30.0 Å². The smallest absolute Gasteiger partial charge is 0.419 e. The van der Waals surface area contributed by atoms with E-state index in [0.717, 1.165) is 19.2 Å². The number of hydrogen-bond donors (Lipinski definition) is 1. The molecule has 1 aromatic carbocycles. The third-order valence-electron chi connectivity index (χ3n) is 2.19. The summed E-state index contributed by atoms with van der Waals surface area (Å²) in [5, 5.41) is 0. The Morgan fingerprint density at radius 1 is 1.24 bits per heavy atom. The molecular formula is C10H10F5NO. The summed E-state index contributed by atoms with van der Waals surface area (Å²) in [7, 11) is 1.03. The molecule has 0 aliphatic carbocycles. The lowest BCUT2D eigenvalue weighted by molar-refractivity contribution is -0.138. The Morgan fingerprint density at radius 3 is 2.24 bits per heavy atom. The highest BCUT2D eigenvalue weighted by molar-refractivity contribution is 5.40. The highest BCUT2D eigenvalue weighted by Gasteiger charge is 2.34. The fourth-order valence-electron chi connectivity index (χ4n) is 1.29. The summed E-state index contributed by atoms with van der Waals surface area (Å²) in [5.41, 5.74) is 4.00. The van der Waals surface area contributed by atoms with Crippen LogP contribution in [-0.4, -0.2) is 13.5 Å². The molecule has 0 aliphatic heterocycles. The van der Waals surface area contributed by atoms with Gasteiger partial charge in [-0.05, 0) is 17.7 Å². The Hall–Kier alpha value is -1.37. The first-order chi connectivity index (χ1) is 7.77. The third kappa shape index (κ3) is 3.06. The number of ether oxygens (including phenoxy) is 1. The molecule has 17 heavy (non-hydrogen) atoms. The maximum absolute atomic E-state index is 12.5. The first-order valence-electron chi connectivity index (χ1n) is 4.56. The van der Waals surface area contributed by atoms with Crippen molar-refractivity contribution in [2.24, 2.45) is 5.73 Å². The molecule has 0 heterocycles. The lowest BCUT2D eigenvalue weighted by Gasteiger charge is -2.16. The van der Waals surface area contributed by atoms with Gasteiger partial charge in [0.15, 0.2) is 0 Å². The Bertz CT molecular complexity index is 391. The van der Waals surface area contributed by atoms with E-state index in [1.807, 2.05) is 0 Å². The van der Waals surface area contributed by atoms with Gasteiger partial charge >= 0.3 is 6.18 Å². The lowest BCUT2D eigenvalue weighted by Crippen LogP contribution is -2.19. The van der Waals surface area contributed by atoms with E-state index in [1.165, 1.54) is 0 Å². The van der Waals surface area contributed by atoms with Crippen molar-refractivity contribution in [2.75, 3.05) is 7.11 Å². The van der Waals surface area contributed by atoms with Crippen LogP contribution in [0, 0.1) is 0 Å². The number of methoxy groups -OCH3 is 1. The highest BCUT2D eigenvalue weighted by Crippen LogP contribution is 2.37. The quantitative estimate of drug-likeness (QED) is 0.843. The second kappa shape index (κ2) is 4.87. The van der Waals surface area contributed by atoms with E-state index in [9.17, 15) is 22.0 Å². The van der Waals surface area contributed by atoms with Gasteiger partial charge in [0.25, 0.3) is 6.43 Å². The normalized spacial score (nSPS) is 13.9. The molecule has 0 amide bonds. The van der Waals surface area contributed by atoms with Gasteiger partial charge in [-0.25, -0.2) is 8.78 Å². The van der Waals surface area contributed by atoms with E-state index >= 15 is 0 Å². The van der Waals surface area contributed by atoms with Gasteiger partial charge in [0.2, 0.25) is 0 Å². The zero-order valence-electron chi connectivity index (χ0n) is 8.76. The minimum atomic E-state index is -4.60. The molecule has 1 unspecified atom stereocenters. The maximum atomic E-state index is 12.5. The predicted octanol–water partition coefficient (Wildman–Crippen LogP) is 2.98. The van der Waals surface area contributed by atoms with Crippen LogP contribution in [0.4, 0.5) is 22.0 Å². The molecule has 0 spiro atoms. The molecular weight excluding hydrogens is 245 g/mol. The van der Waals surface area contributed by atoms with Crippen LogP contribution in [0.1, 0.15) is 17.2 Å². The maximum Gasteiger partial charge on any atom is 0.419 e. The molecule has 0 saturated heterocycles. The first-order valence-corrected chi connectivity index (χ1v) is 4.56. The summed E-state index contributed by atoms with van der Waals surface area (Å²) in [6.07, 6.45) is -7.45. The molecule has 96 valence electrons. The second-order valence-corrected chi connectivity index (χ2v) is 3.32. The minimum Gasteiger partial charge on any atom is -0.496 e. The summed E-state index contributed by atoms with van der Waals surface area (Å²) in [6.45, 7) is 0. The molecule has 0 radical (unpaired) electrons. The summed E-state index contributed by atoms with van der Waals surface area (Å²) in [6, 6.07) is 0.837. The van der Waals surface area contributed by atoms with Crippen molar-refractivity contribution in [3.05, 3.63) is 29.3 Å². The molecule has 1 rings (SSSR count). The van der Waals surface area contributed by atoms with Crippen LogP contribution in [0.3, 0.4) is 0 Å². The molecule has 1 atom stereocenters. The highest BCUT2D eigenvalue weighted by atomic mass is 19.4. The molecule has 2 nitrogen and oxygen atoms in total. The summed E-state index contributed by atoms with van der Waals surface area (Å²) in [5.74, 6) is -0.522. The average molecular weight is 255 g/mol. The van der Waals surface area contributed by atoms with Crippen molar-refractivity contribution in [1.82, 2.24) is 0 Å². The van der Waals surface area contributed by atoms with Gasteiger partial charge < -0.3 is 10.5 Å². The topological polar surface area (TPSA) is 35.2 Å². The van der Waals surface area contributed by atoms with Gasteiger partial charge in [0.05, 0.1) is 18.7 Å². The number of hydrogen-bond acceptors (Lipinski definition) is 2. The van der Waals surface area contributed by atoms with E-state index in [2.05, 4.69) is 4.74 Å². The van der Waals surface area contributed by atoms with Crippen LogP contribution in [0.2, 0.25) is 0 Å². The van der Waals surface area contributed by atoms with E-state index in [1.54, 1.807) is 0 Å². The molecule has 0 aliphatic rings. The van der Waals surface area contributed by atoms with Crippen molar-refractivity contribution in [3.8, 4) is 5.75 Å².